The molecule has 0 N–H and O–H groups in total. The fraction of sp³-hybridized carbons (Fsp3) is 0.522. The van der Waals surface area contributed by atoms with Crippen molar-refractivity contribution in [2.24, 2.45) is 0 Å². The van der Waals surface area contributed by atoms with Crippen LogP contribution in [0.5, 0.6) is 0 Å². The van der Waals surface area contributed by atoms with Crippen molar-refractivity contribution >= 4 is 19.9 Å². The van der Waals surface area contributed by atoms with E-state index in [0.29, 0.717) is 0 Å². The van der Waals surface area contributed by atoms with Gasteiger partial charge in [0.05, 0.1) is 0 Å². The molecule has 0 heterocycles. The van der Waals surface area contributed by atoms with E-state index in [0.717, 1.165) is 0 Å². The van der Waals surface area contributed by atoms with Crippen molar-refractivity contribution in [1.29, 1.82) is 0 Å². The number of unbranched alkanes of at least 4 members (excludes halogenated alkanes) is 3. The summed E-state index contributed by atoms with van der Waals surface area (Å²) in [5.41, 5.74) is 7.79. The van der Waals surface area contributed by atoms with Crippen LogP contribution >= 0.6 is 0 Å². The average molecular weight is 494 g/mol. The van der Waals surface area contributed by atoms with Crippen molar-refractivity contribution in [3.8, 4) is 0 Å². The van der Waals surface area contributed by atoms with Gasteiger partial charge in [-0.3, -0.25) is 0 Å². The van der Waals surface area contributed by atoms with E-state index in [9.17, 15) is 0 Å². The van der Waals surface area contributed by atoms with Crippen LogP contribution in [0.25, 0.3) is 0 Å². The fourth-order valence-electron chi connectivity index (χ4n) is 3.93. The third-order valence-corrected chi connectivity index (χ3v) is 7.81. The van der Waals surface area contributed by atoms with Crippen LogP contribution in [-0.2, 0) is 34.6 Å². The van der Waals surface area contributed by atoms with Crippen molar-refractivity contribution in [3.63, 3.8) is 0 Å². The van der Waals surface area contributed by atoms with E-state index in [2.05, 4.69) is 58.9 Å². The van der Waals surface area contributed by atoms with Gasteiger partial charge in [0, 0.05) is 9.52 Å². The van der Waals surface area contributed by atoms with Crippen LogP contribution in [-0.4, -0.2) is 9.52 Å². The van der Waals surface area contributed by atoms with E-state index < -0.39 is 0 Å². The third kappa shape index (κ3) is 9.46. The van der Waals surface area contributed by atoms with Gasteiger partial charge in [0.15, 0.2) is 0 Å². The van der Waals surface area contributed by atoms with Crippen molar-refractivity contribution in [3.05, 3.63) is 52.1 Å². The predicted octanol–water partition coefficient (Wildman–Crippen LogP) is -4.46. The van der Waals surface area contributed by atoms with Gasteiger partial charge in [-0.1, -0.05) is 92.8 Å². The van der Waals surface area contributed by atoms with E-state index in [1.54, 1.807) is 21.5 Å². The molecule has 0 bridgehead atoms. The molecule has 0 aliphatic rings. The zero-order valence-corrected chi connectivity index (χ0v) is 23.3. The Morgan fingerprint density at radius 2 is 1.43 bits per heavy atom. The number of rotatable bonds is 9. The normalized spacial score (nSPS) is 10.0. The molecule has 2 aromatic rings. The largest absolute Gasteiger partial charge is 4.00 e. The van der Waals surface area contributed by atoms with E-state index >= 15 is 0 Å². The molecule has 0 atom stereocenters. The standard InChI is InChI=1S/C23H35Si.3ClH.Ti/c1-6-8-10-11-20-13-14-22(21(20)12-9-7-2)24-23-18(4)15-17(3)16-19(23)5;;;;/h13-16H,6-12,24H2,1-5H3;3*1H;/q-1;;;;+4/p-3. The van der Waals surface area contributed by atoms with Gasteiger partial charge in [0.25, 0.3) is 0 Å². The molecule has 0 aromatic heterocycles. The number of benzene rings is 1. The molecular formula is C23H35Cl3SiTi. The Kier molecular flexibility index (Phi) is 20.2. The smallest absolute Gasteiger partial charge is 1.00 e. The van der Waals surface area contributed by atoms with Gasteiger partial charge in [-0.15, -0.1) is 0 Å². The maximum atomic E-state index is 2.47. The topological polar surface area (TPSA) is 0 Å². The van der Waals surface area contributed by atoms with Gasteiger partial charge < -0.3 is 37.2 Å². The molecule has 0 spiro atoms. The average Bonchev–Trinajstić information content (AvgIpc) is 2.91. The Balaban J connectivity index is -0.00000156. The summed E-state index contributed by atoms with van der Waals surface area (Å²) >= 11 is 0. The summed E-state index contributed by atoms with van der Waals surface area (Å²) in [4.78, 5) is 0. The molecule has 0 aliphatic carbocycles. The van der Waals surface area contributed by atoms with Gasteiger partial charge in [-0.05, 0) is 20.8 Å². The van der Waals surface area contributed by atoms with Crippen LogP contribution in [0.3, 0.4) is 0 Å². The summed E-state index contributed by atoms with van der Waals surface area (Å²) in [5, 5.41) is 3.38. The van der Waals surface area contributed by atoms with Crippen LogP contribution in [0.4, 0.5) is 0 Å². The summed E-state index contributed by atoms with van der Waals surface area (Å²) in [6, 6.07) is 9.65. The Morgan fingerprint density at radius 1 is 0.857 bits per heavy atom. The maximum Gasteiger partial charge on any atom is 4.00 e. The molecule has 28 heavy (non-hydrogen) atoms. The van der Waals surface area contributed by atoms with Crippen LogP contribution in [0.1, 0.15) is 73.8 Å². The molecule has 0 amide bonds. The van der Waals surface area contributed by atoms with E-state index in [-0.39, 0.29) is 68.5 Å². The Bertz CT molecular complexity index is 645. The molecule has 0 unspecified atom stereocenters. The first-order valence-electron chi connectivity index (χ1n) is 9.89. The number of hydrogen-bond acceptors (Lipinski definition) is 0. The second-order valence-electron chi connectivity index (χ2n) is 7.48. The van der Waals surface area contributed by atoms with Crippen molar-refractivity contribution in [2.75, 3.05) is 0 Å². The number of hydrogen-bond donors (Lipinski definition) is 0. The Hall–Kier alpha value is 0.371. The molecule has 0 radical (unpaired) electrons. The third-order valence-electron chi connectivity index (χ3n) is 5.30. The van der Waals surface area contributed by atoms with Gasteiger partial charge in [0.2, 0.25) is 0 Å². The summed E-state index contributed by atoms with van der Waals surface area (Å²) in [6.07, 6.45) is 9.23. The maximum absolute atomic E-state index is 2.47. The predicted molar refractivity (Wildman–Crippen MR) is 112 cm³/mol. The van der Waals surface area contributed by atoms with Crippen molar-refractivity contribution < 1.29 is 58.9 Å². The quantitative estimate of drug-likeness (QED) is 0.188. The zero-order chi connectivity index (χ0) is 17.5. The second-order valence-corrected chi connectivity index (χ2v) is 9.30. The van der Waals surface area contributed by atoms with E-state index in [4.69, 9.17) is 0 Å². The first kappa shape index (κ1) is 33.0. The number of halogens is 3. The van der Waals surface area contributed by atoms with Crippen molar-refractivity contribution in [1.82, 2.24) is 0 Å². The van der Waals surface area contributed by atoms with Crippen molar-refractivity contribution in [2.45, 2.75) is 79.6 Å². The molecule has 0 saturated heterocycles. The molecule has 0 fully saturated rings. The second kappa shape index (κ2) is 17.1. The Morgan fingerprint density at radius 3 is 1.96 bits per heavy atom. The minimum atomic E-state index is -0.373. The monoisotopic (exact) mass is 492 g/mol. The van der Waals surface area contributed by atoms with E-state index in [1.165, 1.54) is 61.6 Å². The minimum Gasteiger partial charge on any atom is -1.00 e. The first-order valence-corrected chi connectivity index (χ1v) is 11.3. The molecule has 5 heteroatoms. The van der Waals surface area contributed by atoms with Crippen LogP contribution in [0.15, 0.2) is 24.3 Å². The molecule has 2 rings (SSSR count). The molecule has 0 saturated carbocycles. The first-order chi connectivity index (χ1) is 11.6. The molecule has 2 aromatic carbocycles. The molecule has 156 valence electrons. The zero-order valence-electron chi connectivity index (χ0n) is 18.1. The summed E-state index contributed by atoms with van der Waals surface area (Å²) < 4.78 is 0. The Labute approximate surface area is 209 Å². The fourth-order valence-corrected chi connectivity index (χ4v) is 5.92. The van der Waals surface area contributed by atoms with Gasteiger partial charge in [-0.25, -0.2) is 6.07 Å². The molecular weight excluding hydrogens is 459 g/mol. The van der Waals surface area contributed by atoms with Crippen LogP contribution in [0.2, 0.25) is 0 Å². The van der Waals surface area contributed by atoms with Gasteiger partial charge in [0.1, 0.15) is 0 Å². The summed E-state index contributed by atoms with van der Waals surface area (Å²) in [5.74, 6) is 0. The van der Waals surface area contributed by atoms with Crippen LogP contribution in [0, 0.1) is 20.8 Å². The van der Waals surface area contributed by atoms with Gasteiger partial charge >= 0.3 is 21.7 Å². The number of aryl methyl sites for hydroxylation is 4. The molecule has 0 nitrogen and oxygen atoms in total. The van der Waals surface area contributed by atoms with E-state index in [1.807, 2.05) is 0 Å². The van der Waals surface area contributed by atoms with Gasteiger partial charge in [-0.2, -0.15) is 22.4 Å². The summed E-state index contributed by atoms with van der Waals surface area (Å²) in [7, 11) is -0.373. The summed E-state index contributed by atoms with van der Waals surface area (Å²) in [6.45, 7) is 11.4. The van der Waals surface area contributed by atoms with Crippen LogP contribution < -0.4 is 47.6 Å². The SMILES string of the molecule is CCCCC[c-]1ccc([SiH2]c2c(C)cc(C)cc2C)c1CCCC.[Cl-].[Cl-].[Cl-].[Ti+4]. The molecule has 0 aliphatic heterocycles. The minimum absolute atomic E-state index is 0.